The van der Waals surface area contributed by atoms with Gasteiger partial charge in [-0.1, -0.05) is 6.92 Å². The molecular formula is C7H12O2. The summed E-state index contributed by atoms with van der Waals surface area (Å²) >= 11 is 0. The molecule has 0 rings (SSSR count). The van der Waals surface area contributed by atoms with Crippen molar-refractivity contribution >= 4 is 12.6 Å². The highest BCUT2D eigenvalue weighted by Crippen LogP contribution is 2.02. The molecule has 0 radical (unpaired) electrons. The first-order valence-electron chi connectivity index (χ1n) is 3.20. The Kier molecular flexibility index (Phi) is 5.07. The van der Waals surface area contributed by atoms with Gasteiger partial charge >= 0.3 is 0 Å². The second-order valence-electron chi connectivity index (χ2n) is 2.21. The van der Waals surface area contributed by atoms with E-state index in [1.165, 1.54) is 0 Å². The lowest BCUT2D eigenvalue weighted by molar-refractivity contribution is -0.111. The van der Waals surface area contributed by atoms with E-state index in [-0.39, 0.29) is 5.92 Å². The van der Waals surface area contributed by atoms with Gasteiger partial charge in [0.15, 0.2) is 0 Å². The van der Waals surface area contributed by atoms with Crippen LogP contribution in [0.5, 0.6) is 0 Å². The van der Waals surface area contributed by atoms with Gasteiger partial charge in [-0.15, -0.1) is 0 Å². The van der Waals surface area contributed by atoms with E-state index >= 15 is 0 Å². The maximum Gasteiger partial charge on any atom is 0.122 e. The Bertz CT molecular complexity index is 88.9. The third-order valence-corrected chi connectivity index (χ3v) is 1.21. The molecule has 0 fully saturated rings. The molecule has 0 saturated carbocycles. The largest absolute Gasteiger partial charge is 0.303 e. The molecule has 0 bridgehead atoms. The molecule has 0 aliphatic rings. The Morgan fingerprint density at radius 1 is 1.44 bits per heavy atom. The van der Waals surface area contributed by atoms with Crippen LogP contribution in [0.4, 0.5) is 0 Å². The van der Waals surface area contributed by atoms with Crippen LogP contribution in [0.1, 0.15) is 26.2 Å². The molecule has 0 heterocycles. The summed E-state index contributed by atoms with van der Waals surface area (Å²) in [6.07, 6.45) is 4.06. The van der Waals surface area contributed by atoms with Gasteiger partial charge in [-0.3, -0.25) is 0 Å². The summed E-state index contributed by atoms with van der Waals surface area (Å²) in [5, 5.41) is 0. The molecule has 2 nitrogen and oxygen atoms in total. The van der Waals surface area contributed by atoms with E-state index in [9.17, 15) is 9.59 Å². The maximum atomic E-state index is 10.0. The predicted octanol–water partition coefficient (Wildman–Crippen LogP) is 1.19. The van der Waals surface area contributed by atoms with Gasteiger partial charge < -0.3 is 9.59 Å². The zero-order valence-corrected chi connectivity index (χ0v) is 5.67. The second kappa shape index (κ2) is 5.48. The van der Waals surface area contributed by atoms with E-state index in [0.29, 0.717) is 6.42 Å². The Morgan fingerprint density at radius 3 is 2.56 bits per heavy atom. The highest BCUT2D eigenvalue weighted by Gasteiger charge is 1.96. The average molecular weight is 128 g/mol. The van der Waals surface area contributed by atoms with Crippen LogP contribution in [-0.2, 0) is 9.59 Å². The van der Waals surface area contributed by atoms with Crippen molar-refractivity contribution in [3.63, 3.8) is 0 Å². The number of aldehydes is 2. The van der Waals surface area contributed by atoms with E-state index < -0.39 is 0 Å². The molecule has 0 aliphatic carbocycles. The summed E-state index contributed by atoms with van der Waals surface area (Å²) in [6, 6.07) is 0. The van der Waals surface area contributed by atoms with E-state index in [1.807, 2.05) is 6.92 Å². The normalized spacial score (nSPS) is 12.6. The van der Waals surface area contributed by atoms with Gasteiger partial charge in [-0.05, 0) is 12.8 Å². The molecule has 0 amide bonds. The monoisotopic (exact) mass is 128 g/mol. The van der Waals surface area contributed by atoms with Crippen LogP contribution in [-0.4, -0.2) is 12.6 Å². The van der Waals surface area contributed by atoms with Crippen molar-refractivity contribution in [1.29, 1.82) is 0 Å². The van der Waals surface area contributed by atoms with Gasteiger partial charge in [0.05, 0.1) is 0 Å². The SMILES string of the molecule is CC(C=O)CCCC=O. The molecular weight excluding hydrogens is 116 g/mol. The minimum absolute atomic E-state index is 0.116. The Balaban J connectivity index is 3.05. The molecule has 0 aromatic carbocycles. The minimum atomic E-state index is 0.116. The zero-order valence-electron chi connectivity index (χ0n) is 5.67. The molecule has 0 spiro atoms. The van der Waals surface area contributed by atoms with E-state index in [1.54, 1.807) is 0 Å². The van der Waals surface area contributed by atoms with Crippen molar-refractivity contribution in [2.45, 2.75) is 26.2 Å². The number of rotatable bonds is 5. The van der Waals surface area contributed by atoms with Crippen LogP contribution in [0.2, 0.25) is 0 Å². The van der Waals surface area contributed by atoms with Crippen LogP contribution >= 0.6 is 0 Å². The first kappa shape index (κ1) is 8.34. The first-order chi connectivity index (χ1) is 4.31. The number of unbranched alkanes of at least 4 members (excludes halogenated alkanes) is 1. The fraction of sp³-hybridized carbons (Fsp3) is 0.714. The van der Waals surface area contributed by atoms with Gasteiger partial charge in [0.25, 0.3) is 0 Å². The Morgan fingerprint density at radius 2 is 2.11 bits per heavy atom. The Labute approximate surface area is 55.3 Å². The molecule has 0 aromatic rings. The van der Waals surface area contributed by atoms with E-state index in [4.69, 9.17) is 0 Å². The summed E-state index contributed by atoms with van der Waals surface area (Å²) in [5.74, 6) is 0.116. The average Bonchev–Trinajstić information content (AvgIpc) is 1.89. The van der Waals surface area contributed by atoms with Gasteiger partial charge in [0.2, 0.25) is 0 Å². The highest BCUT2D eigenvalue weighted by atomic mass is 16.1. The lowest BCUT2D eigenvalue weighted by atomic mass is 10.1. The molecule has 1 atom stereocenters. The van der Waals surface area contributed by atoms with Crippen LogP contribution in [0.3, 0.4) is 0 Å². The number of hydrogen-bond donors (Lipinski definition) is 0. The standard InChI is InChI=1S/C7H12O2/c1-7(6-9)4-2-3-5-8/h5-7H,2-4H2,1H3. The number of carbonyl (C=O) groups is 2. The third kappa shape index (κ3) is 5.21. The molecule has 0 aromatic heterocycles. The van der Waals surface area contributed by atoms with Gasteiger partial charge in [-0.25, -0.2) is 0 Å². The quantitative estimate of drug-likeness (QED) is 0.411. The fourth-order valence-electron chi connectivity index (χ4n) is 0.591. The minimum Gasteiger partial charge on any atom is -0.303 e. The highest BCUT2D eigenvalue weighted by molar-refractivity contribution is 5.53. The van der Waals surface area contributed by atoms with Crippen molar-refractivity contribution in [3.05, 3.63) is 0 Å². The molecule has 0 N–H and O–H groups in total. The lowest BCUT2D eigenvalue weighted by Crippen LogP contribution is -1.94. The van der Waals surface area contributed by atoms with Crippen LogP contribution in [0.15, 0.2) is 0 Å². The summed E-state index contributed by atoms with van der Waals surface area (Å²) in [6.45, 7) is 1.86. The van der Waals surface area contributed by atoms with Crippen LogP contribution in [0, 0.1) is 5.92 Å². The lowest BCUT2D eigenvalue weighted by Gasteiger charge is -1.97. The topological polar surface area (TPSA) is 34.1 Å². The third-order valence-electron chi connectivity index (χ3n) is 1.21. The first-order valence-corrected chi connectivity index (χ1v) is 3.20. The maximum absolute atomic E-state index is 10.0. The Hall–Kier alpha value is -0.660. The molecule has 0 saturated heterocycles. The fourth-order valence-corrected chi connectivity index (χ4v) is 0.591. The molecule has 0 aliphatic heterocycles. The predicted molar refractivity (Wildman–Crippen MR) is 35.1 cm³/mol. The van der Waals surface area contributed by atoms with Gasteiger partial charge in [0, 0.05) is 12.3 Å². The van der Waals surface area contributed by atoms with Crippen molar-refractivity contribution in [1.82, 2.24) is 0 Å². The zero-order chi connectivity index (χ0) is 7.11. The number of hydrogen-bond acceptors (Lipinski definition) is 2. The summed E-state index contributed by atoms with van der Waals surface area (Å²) in [5.41, 5.74) is 0. The summed E-state index contributed by atoms with van der Waals surface area (Å²) < 4.78 is 0. The van der Waals surface area contributed by atoms with Crippen LogP contribution in [0.25, 0.3) is 0 Å². The van der Waals surface area contributed by atoms with Crippen LogP contribution < -0.4 is 0 Å². The van der Waals surface area contributed by atoms with Crippen molar-refractivity contribution in [2.24, 2.45) is 5.92 Å². The molecule has 9 heavy (non-hydrogen) atoms. The smallest absolute Gasteiger partial charge is 0.122 e. The number of carbonyl (C=O) groups excluding carboxylic acids is 2. The van der Waals surface area contributed by atoms with Gasteiger partial charge in [-0.2, -0.15) is 0 Å². The second-order valence-corrected chi connectivity index (χ2v) is 2.21. The summed E-state index contributed by atoms with van der Waals surface area (Å²) in [7, 11) is 0. The molecule has 52 valence electrons. The van der Waals surface area contributed by atoms with E-state index in [0.717, 1.165) is 25.4 Å². The van der Waals surface area contributed by atoms with Crippen molar-refractivity contribution < 1.29 is 9.59 Å². The van der Waals surface area contributed by atoms with Crippen molar-refractivity contribution in [3.8, 4) is 0 Å². The van der Waals surface area contributed by atoms with E-state index in [2.05, 4.69) is 0 Å². The van der Waals surface area contributed by atoms with Crippen molar-refractivity contribution in [2.75, 3.05) is 0 Å². The summed E-state index contributed by atoms with van der Waals surface area (Å²) in [4.78, 5) is 19.8. The molecule has 1 unspecified atom stereocenters. The molecule has 2 heteroatoms. The van der Waals surface area contributed by atoms with Gasteiger partial charge in [0.1, 0.15) is 12.6 Å².